The Hall–Kier alpha value is -8.21. The number of aromatic nitrogens is 3. The highest BCUT2D eigenvalue weighted by molar-refractivity contribution is 6.13. The molecule has 0 fully saturated rings. The summed E-state index contributed by atoms with van der Waals surface area (Å²) in [4.78, 5) is 15.1. The Morgan fingerprint density at radius 3 is 1.34 bits per heavy atom. The van der Waals surface area contributed by atoms with Crippen LogP contribution in [0.2, 0.25) is 0 Å². The highest BCUT2D eigenvalue weighted by Crippen LogP contribution is 2.63. The molecular weight excluding hydrogens is 755 g/mol. The van der Waals surface area contributed by atoms with Crippen molar-refractivity contribution in [3.63, 3.8) is 0 Å². The van der Waals surface area contributed by atoms with E-state index < -0.39 is 0 Å². The zero-order valence-electron chi connectivity index (χ0n) is 33.5. The van der Waals surface area contributed by atoms with Crippen LogP contribution in [0.3, 0.4) is 0 Å². The van der Waals surface area contributed by atoms with Crippen molar-refractivity contribution in [3.05, 3.63) is 235 Å². The first-order valence-electron chi connectivity index (χ1n) is 21.1. The lowest BCUT2D eigenvalue weighted by molar-refractivity contribution is 0.669. The van der Waals surface area contributed by atoms with E-state index in [1.807, 2.05) is 72.8 Å². The number of hydrogen-bond acceptors (Lipinski definition) is 4. The molecule has 0 unspecified atom stereocenters. The van der Waals surface area contributed by atoms with Crippen LogP contribution in [0.15, 0.2) is 217 Å². The lowest BCUT2D eigenvalue weighted by Gasteiger charge is -2.30. The van der Waals surface area contributed by atoms with Crippen molar-refractivity contribution in [2.45, 2.75) is 5.41 Å². The predicted molar refractivity (Wildman–Crippen MR) is 251 cm³/mol. The van der Waals surface area contributed by atoms with Crippen LogP contribution in [-0.2, 0) is 5.41 Å². The summed E-state index contributed by atoms with van der Waals surface area (Å²) in [5.41, 5.74) is 19.3. The van der Waals surface area contributed by atoms with Gasteiger partial charge in [0.15, 0.2) is 17.5 Å². The van der Waals surface area contributed by atoms with Crippen LogP contribution in [-0.4, -0.2) is 15.0 Å². The van der Waals surface area contributed by atoms with Crippen molar-refractivity contribution in [1.82, 2.24) is 15.0 Å². The average molecular weight is 790 g/mol. The van der Waals surface area contributed by atoms with Crippen LogP contribution in [0, 0.1) is 0 Å². The fourth-order valence-electron chi connectivity index (χ4n) is 10.3. The molecule has 288 valence electrons. The molecule has 0 saturated carbocycles. The van der Waals surface area contributed by atoms with E-state index in [-0.39, 0.29) is 5.41 Å². The maximum atomic E-state index is 6.48. The van der Waals surface area contributed by atoms with Crippen molar-refractivity contribution >= 4 is 21.9 Å². The van der Waals surface area contributed by atoms with Crippen LogP contribution in [0.25, 0.3) is 101 Å². The second kappa shape index (κ2) is 13.4. The standard InChI is InChI=1S/C58H35N3O/c1-3-14-38(15-4-1)55-59-56(39-16-5-2-6-17-39)61-57(60-55)45-21-13-25-53-54(45)47-35-41(31-33-52(47)62-53)37-28-26-36(27-29-37)40-30-32-51-46(34-40)44-20-9-12-24-50(44)58(51)48-22-10-7-18-42(48)43-19-8-11-23-49(43)58/h1-35H. The van der Waals surface area contributed by atoms with Gasteiger partial charge < -0.3 is 4.42 Å². The first kappa shape index (κ1) is 34.6. The second-order valence-electron chi connectivity index (χ2n) is 16.3. The smallest absolute Gasteiger partial charge is 0.164 e. The molecule has 2 aliphatic rings. The van der Waals surface area contributed by atoms with E-state index in [1.165, 1.54) is 55.6 Å². The Morgan fingerprint density at radius 1 is 0.290 bits per heavy atom. The van der Waals surface area contributed by atoms with E-state index >= 15 is 0 Å². The quantitative estimate of drug-likeness (QED) is 0.174. The lowest BCUT2D eigenvalue weighted by atomic mass is 9.70. The van der Waals surface area contributed by atoms with Gasteiger partial charge in [0.05, 0.1) is 5.41 Å². The Morgan fingerprint density at radius 2 is 0.742 bits per heavy atom. The predicted octanol–water partition coefficient (Wildman–Crippen LogP) is 14.4. The molecule has 0 saturated heterocycles. The number of rotatable bonds is 5. The van der Waals surface area contributed by atoms with E-state index in [4.69, 9.17) is 19.4 Å². The van der Waals surface area contributed by atoms with Crippen LogP contribution in [0.1, 0.15) is 22.3 Å². The minimum Gasteiger partial charge on any atom is -0.456 e. The molecule has 11 aromatic rings. The summed E-state index contributed by atoms with van der Waals surface area (Å²) in [7, 11) is 0. The monoisotopic (exact) mass is 789 g/mol. The summed E-state index contributed by atoms with van der Waals surface area (Å²) in [5, 5.41) is 2.00. The molecule has 2 aromatic heterocycles. The maximum Gasteiger partial charge on any atom is 0.164 e. The van der Waals surface area contributed by atoms with Crippen LogP contribution in [0.4, 0.5) is 0 Å². The zero-order valence-corrected chi connectivity index (χ0v) is 33.5. The molecule has 0 amide bonds. The minimum atomic E-state index is -0.338. The van der Waals surface area contributed by atoms with Crippen LogP contribution >= 0.6 is 0 Å². The second-order valence-corrected chi connectivity index (χ2v) is 16.3. The van der Waals surface area contributed by atoms with Gasteiger partial charge in [-0.25, -0.2) is 15.0 Å². The fraction of sp³-hybridized carbons (Fsp3) is 0.0172. The zero-order chi connectivity index (χ0) is 40.8. The molecular formula is C58H35N3O. The topological polar surface area (TPSA) is 51.8 Å². The summed E-state index contributed by atoms with van der Waals surface area (Å²) in [6, 6.07) is 75.7. The molecule has 0 bridgehead atoms. The van der Waals surface area contributed by atoms with E-state index in [9.17, 15) is 0 Å². The fourth-order valence-corrected chi connectivity index (χ4v) is 10.3. The molecule has 62 heavy (non-hydrogen) atoms. The van der Waals surface area contributed by atoms with Crippen molar-refractivity contribution in [3.8, 4) is 78.7 Å². The molecule has 4 nitrogen and oxygen atoms in total. The van der Waals surface area contributed by atoms with Gasteiger partial charge in [-0.2, -0.15) is 0 Å². The molecule has 0 aliphatic heterocycles. The van der Waals surface area contributed by atoms with E-state index in [0.717, 1.165) is 49.8 Å². The van der Waals surface area contributed by atoms with Crippen molar-refractivity contribution in [2.24, 2.45) is 0 Å². The Labute approximate surface area is 358 Å². The number of nitrogens with zero attached hydrogens (tertiary/aromatic N) is 3. The third-order valence-corrected chi connectivity index (χ3v) is 13.0. The summed E-state index contributed by atoms with van der Waals surface area (Å²) >= 11 is 0. The van der Waals surface area contributed by atoms with Crippen LogP contribution < -0.4 is 0 Å². The SMILES string of the molecule is c1ccc(-c2nc(-c3ccccc3)nc(-c3cccc4oc5ccc(-c6ccc(-c7ccc8c(c7)-c7ccccc7C87c8ccccc8-c8ccccc87)cc6)cc5c34)n2)cc1. The normalized spacial score (nSPS) is 13.0. The Balaban J connectivity index is 0.897. The van der Waals surface area contributed by atoms with Gasteiger partial charge in [-0.05, 0) is 91.0 Å². The molecule has 0 atom stereocenters. The largest absolute Gasteiger partial charge is 0.456 e. The van der Waals surface area contributed by atoms with Crippen molar-refractivity contribution in [2.75, 3.05) is 0 Å². The first-order chi connectivity index (χ1) is 30.7. The molecule has 1 spiro atoms. The van der Waals surface area contributed by atoms with Gasteiger partial charge in [0.25, 0.3) is 0 Å². The maximum absolute atomic E-state index is 6.48. The number of furan rings is 1. The molecule has 0 radical (unpaired) electrons. The summed E-state index contributed by atoms with van der Waals surface area (Å²) in [6.45, 7) is 0. The molecule has 9 aromatic carbocycles. The van der Waals surface area contributed by atoms with Crippen molar-refractivity contribution < 1.29 is 4.42 Å². The minimum absolute atomic E-state index is 0.338. The summed E-state index contributed by atoms with van der Waals surface area (Å²) < 4.78 is 6.48. The van der Waals surface area contributed by atoms with Gasteiger partial charge in [0.1, 0.15) is 11.2 Å². The highest BCUT2D eigenvalue weighted by atomic mass is 16.3. The Bertz CT molecular complexity index is 3470. The molecule has 2 heterocycles. The van der Waals surface area contributed by atoms with Gasteiger partial charge in [0.2, 0.25) is 0 Å². The van der Waals surface area contributed by atoms with Gasteiger partial charge in [-0.15, -0.1) is 0 Å². The Kier molecular flexibility index (Phi) is 7.49. The lowest BCUT2D eigenvalue weighted by Crippen LogP contribution is -2.25. The summed E-state index contributed by atoms with van der Waals surface area (Å²) in [6.07, 6.45) is 0. The van der Waals surface area contributed by atoms with E-state index in [2.05, 4.69) is 140 Å². The molecule has 2 aliphatic carbocycles. The third-order valence-electron chi connectivity index (χ3n) is 13.0. The highest BCUT2D eigenvalue weighted by Gasteiger charge is 2.51. The van der Waals surface area contributed by atoms with E-state index in [0.29, 0.717) is 17.5 Å². The molecule has 4 heteroatoms. The third kappa shape index (κ3) is 5.04. The number of fused-ring (bicyclic) bond motifs is 13. The van der Waals surface area contributed by atoms with Gasteiger partial charge in [-0.3, -0.25) is 0 Å². The first-order valence-corrected chi connectivity index (χ1v) is 21.1. The number of hydrogen-bond donors (Lipinski definition) is 0. The van der Waals surface area contributed by atoms with Gasteiger partial charge in [0, 0.05) is 27.5 Å². The average Bonchev–Trinajstić information content (AvgIpc) is 3.98. The van der Waals surface area contributed by atoms with Crippen molar-refractivity contribution in [1.29, 1.82) is 0 Å². The summed E-state index contributed by atoms with van der Waals surface area (Å²) in [5.74, 6) is 1.85. The molecule has 13 rings (SSSR count). The van der Waals surface area contributed by atoms with Crippen LogP contribution in [0.5, 0.6) is 0 Å². The van der Waals surface area contributed by atoms with Gasteiger partial charge in [-0.1, -0.05) is 188 Å². The van der Waals surface area contributed by atoms with Gasteiger partial charge >= 0.3 is 0 Å². The van der Waals surface area contributed by atoms with E-state index in [1.54, 1.807) is 0 Å². The molecule has 0 N–H and O–H groups in total. The number of benzene rings is 9.